The van der Waals surface area contributed by atoms with Crippen LogP contribution in [-0.2, 0) is 0 Å². The summed E-state index contributed by atoms with van der Waals surface area (Å²) in [5.41, 5.74) is 0. The van der Waals surface area contributed by atoms with Crippen LogP contribution in [0.5, 0.6) is 0 Å². The van der Waals surface area contributed by atoms with Crippen molar-refractivity contribution in [3.63, 3.8) is 0 Å². The van der Waals surface area contributed by atoms with Gasteiger partial charge in [-0.25, -0.2) is 0 Å². The lowest BCUT2D eigenvalue weighted by atomic mass is 9.82. The third-order valence-electron chi connectivity index (χ3n) is 5.87. The summed E-state index contributed by atoms with van der Waals surface area (Å²) in [4.78, 5) is 5.43. The minimum atomic E-state index is 0.733. The van der Waals surface area contributed by atoms with Crippen molar-refractivity contribution in [1.82, 2.24) is 9.80 Å². The van der Waals surface area contributed by atoms with Crippen molar-refractivity contribution in [3.05, 3.63) is 0 Å². The predicted molar refractivity (Wildman–Crippen MR) is 88.0 cm³/mol. The van der Waals surface area contributed by atoms with Crippen LogP contribution in [0.3, 0.4) is 0 Å². The highest BCUT2D eigenvalue weighted by molar-refractivity contribution is 4.83. The second-order valence-corrected chi connectivity index (χ2v) is 7.95. The summed E-state index contributed by atoms with van der Waals surface area (Å²) >= 11 is 0. The highest BCUT2D eigenvalue weighted by Gasteiger charge is 2.29. The average Bonchev–Trinajstić information content (AvgIpc) is 2.41. The first-order chi connectivity index (χ1) is 9.47. The van der Waals surface area contributed by atoms with E-state index in [2.05, 4.69) is 44.4 Å². The lowest BCUT2D eigenvalue weighted by Gasteiger charge is -2.42. The second-order valence-electron chi connectivity index (χ2n) is 7.95. The van der Waals surface area contributed by atoms with Crippen LogP contribution in [-0.4, -0.2) is 48.1 Å². The van der Waals surface area contributed by atoms with Gasteiger partial charge in [-0.2, -0.15) is 0 Å². The molecule has 2 aliphatic heterocycles. The molecule has 2 aliphatic rings. The van der Waals surface area contributed by atoms with Crippen LogP contribution < -0.4 is 0 Å². The molecule has 20 heavy (non-hydrogen) atoms. The summed E-state index contributed by atoms with van der Waals surface area (Å²) in [5, 5.41) is 0. The zero-order valence-electron chi connectivity index (χ0n) is 14.4. The van der Waals surface area contributed by atoms with Gasteiger partial charge in [0.2, 0.25) is 0 Å². The Labute approximate surface area is 126 Å². The summed E-state index contributed by atoms with van der Waals surface area (Å²) in [6, 6.07) is 1.54. The van der Waals surface area contributed by atoms with E-state index in [-0.39, 0.29) is 0 Å². The van der Waals surface area contributed by atoms with Gasteiger partial charge in [-0.3, -0.25) is 0 Å². The van der Waals surface area contributed by atoms with Gasteiger partial charge >= 0.3 is 0 Å². The van der Waals surface area contributed by atoms with Crippen LogP contribution in [0.15, 0.2) is 0 Å². The Kier molecular flexibility index (Phi) is 5.92. The molecule has 0 aliphatic carbocycles. The van der Waals surface area contributed by atoms with Crippen LogP contribution in [0, 0.1) is 17.8 Å². The Bertz CT molecular complexity index is 279. The minimum absolute atomic E-state index is 0.733. The third-order valence-corrected chi connectivity index (χ3v) is 5.87. The van der Waals surface area contributed by atoms with Crippen molar-refractivity contribution in [2.75, 3.05) is 26.2 Å². The summed E-state index contributed by atoms with van der Waals surface area (Å²) in [5.74, 6) is 2.78. The quantitative estimate of drug-likeness (QED) is 0.771. The molecule has 2 heterocycles. The van der Waals surface area contributed by atoms with Gasteiger partial charge in [0.15, 0.2) is 0 Å². The van der Waals surface area contributed by atoms with Crippen molar-refractivity contribution in [1.29, 1.82) is 0 Å². The number of rotatable bonds is 4. The molecular weight excluding hydrogens is 244 g/mol. The number of hydrogen-bond donors (Lipinski definition) is 0. The molecule has 118 valence electrons. The van der Waals surface area contributed by atoms with Gasteiger partial charge in [-0.05, 0) is 83.8 Å². The molecule has 0 radical (unpaired) electrons. The molecule has 2 atom stereocenters. The van der Waals surface area contributed by atoms with Gasteiger partial charge in [0.1, 0.15) is 0 Å². The monoisotopic (exact) mass is 280 g/mol. The number of likely N-dealkylation sites (tertiary alicyclic amines) is 2. The Morgan fingerprint density at radius 3 is 2.10 bits per heavy atom. The maximum atomic E-state index is 2.79. The summed E-state index contributed by atoms with van der Waals surface area (Å²) in [7, 11) is 0. The van der Waals surface area contributed by atoms with Crippen LogP contribution in [0.2, 0.25) is 0 Å². The van der Waals surface area contributed by atoms with Crippen molar-refractivity contribution in [3.8, 4) is 0 Å². The first-order valence-corrected chi connectivity index (χ1v) is 8.95. The molecule has 0 spiro atoms. The van der Waals surface area contributed by atoms with E-state index in [1.807, 2.05) is 0 Å². The second kappa shape index (κ2) is 7.26. The Morgan fingerprint density at radius 2 is 1.60 bits per heavy atom. The molecule has 2 rings (SSSR count). The largest absolute Gasteiger partial charge is 0.301 e. The molecule has 0 aromatic rings. The molecule has 0 aromatic heterocycles. The van der Waals surface area contributed by atoms with Crippen molar-refractivity contribution < 1.29 is 0 Å². The van der Waals surface area contributed by atoms with E-state index in [9.17, 15) is 0 Å². The maximum Gasteiger partial charge on any atom is 0.00697 e. The van der Waals surface area contributed by atoms with E-state index in [1.54, 1.807) is 0 Å². The fourth-order valence-electron chi connectivity index (χ4n) is 4.12. The van der Waals surface area contributed by atoms with E-state index >= 15 is 0 Å². The molecule has 1 unspecified atom stereocenters. The fourth-order valence-corrected chi connectivity index (χ4v) is 4.12. The van der Waals surface area contributed by atoms with E-state index in [1.165, 1.54) is 51.9 Å². The van der Waals surface area contributed by atoms with Crippen molar-refractivity contribution >= 4 is 0 Å². The van der Waals surface area contributed by atoms with E-state index in [0.717, 1.165) is 29.8 Å². The maximum absolute atomic E-state index is 2.79. The van der Waals surface area contributed by atoms with Gasteiger partial charge in [-0.1, -0.05) is 13.8 Å². The van der Waals surface area contributed by atoms with Gasteiger partial charge in [0, 0.05) is 18.6 Å². The Hall–Kier alpha value is -0.0800. The highest BCUT2D eigenvalue weighted by atomic mass is 15.2. The van der Waals surface area contributed by atoms with Gasteiger partial charge in [-0.15, -0.1) is 0 Å². The fraction of sp³-hybridized carbons (Fsp3) is 1.00. The summed E-state index contributed by atoms with van der Waals surface area (Å²) in [6.45, 7) is 17.3. The molecule has 0 amide bonds. The van der Waals surface area contributed by atoms with Crippen LogP contribution >= 0.6 is 0 Å². The number of piperidine rings is 2. The molecule has 2 heteroatoms. The van der Waals surface area contributed by atoms with Crippen molar-refractivity contribution in [2.24, 2.45) is 17.8 Å². The first-order valence-electron chi connectivity index (χ1n) is 8.95. The zero-order valence-corrected chi connectivity index (χ0v) is 14.4. The standard InChI is InChI=1S/C18H36N2/c1-14(2)18-8-11-20(16(5)12-18)13-17-6-9-19(10-7-17)15(3)4/h14-18H,6-13H2,1-5H3/t16-,18?/m1/s1. The van der Waals surface area contributed by atoms with E-state index < -0.39 is 0 Å². The molecule has 2 saturated heterocycles. The highest BCUT2D eigenvalue weighted by Crippen LogP contribution is 2.30. The smallest absolute Gasteiger partial charge is 0.00697 e. The van der Waals surface area contributed by atoms with Gasteiger partial charge < -0.3 is 9.80 Å². The van der Waals surface area contributed by atoms with Crippen LogP contribution in [0.25, 0.3) is 0 Å². The average molecular weight is 280 g/mol. The molecule has 0 saturated carbocycles. The predicted octanol–water partition coefficient (Wildman–Crippen LogP) is 3.86. The minimum Gasteiger partial charge on any atom is -0.301 e. The number of hydrogen-bond acceptors (Lipinski definition) is 2. The van der Waals surface area contributed by atoms with Crippen molar-refractivity contribution in [2.45, 2.75) is 72.4 Å². The lowest BCUT2D eigenvalue weighted by Crippen LogP contribution is -2.46. The molecular formula is C18H36N2. The lowest BCUT2D eigenvalue weighted by molar-refractivity contribution is 0.0645. The molecule has 0 aromatic carbocycles. The topological polar surface area (TPSA) is 6.48 Å². The molecule has 2 nitrogen and oxygen atoms in total. The van der Waals surface area contributed by atoms with Crippen LogP contribution in [0.4, 0.5) is 0 Å². The van der Waals surface area contributed by atoms with Gasteiger partial charge in [0.25, 0.3) is 0 Å². The molecule has 2 fully saturated rings. The third kappa shape index (κ3) is 4.21. The normalized spacial score (nSPS) is 31.4. The van der Waals surface area contributed by atoms with E-state index in [4.69, 9.17) is 0 Å². The molecule has 0 N–H and O–H groups in total. The summed E-state index contributed by atoms with van der Waals surface area (Å²) < 4.78 is 0. The van der Waals surface area contributed by atoms with Gasteiger partial charge in [0.05, 0.1) is 0 Å². The zero-order chi connectivity index (χ0) is 14.7. The first kappa shape index (κ1) is 16.3. The number of nitrogens with zero attached hydrogens (tertiary/aromatic N) is 2. The van der Waals surface area contributed by atoms with Crippen LogP contribution in [0.1, 0.15) is 60.3 Å². The SMILES string of the molecule is CC(C)C1CCN(CC2CCN(C(C)C)CC2)[C@H](C)C1. The van der Waals surface area contributed by atoms with E-state index in [0.29, 0.717) is 0 Å². The molecule has 0 bridgehead atoms. The Morgan fingerprint density at radius 1 is 0.950 bits per heavy atom. The Balaban J connectivity index is 1.75. The summed E-state index contributed by atoms with van der Waals surface area (Å²) in [6.07, 6.45) is 5.67.